The Bertz CT molecular complexity index is 405. The first kappa shape index (κ1) is 14.0. The number of esters is 1. The number of amides is 1. The van der Waals surface area contributed by atoms with Crippen LogP contribution < -0.4 is 0 Å². The number of carbonyl (C=O) groups excluding carboxylic acids is 2. The molecule has 0 N–H and O–H groups in total. The summed E-state index contributed by atoms with van der Waals surface area (Å²) in [5.74, 6) is -0.478. The van der Waals surface area contributed by atoms with E-state index in [0.717, 1.165) is 5.56 Å². The molecule has 0 aliphatic rings. The Morgan fingerprint density at radius 2 is 1.89 bits per heavy atom. The molecule has 0 bridgehead atoms. The number of nitrogens with zero attached hydrogens (tertiary/aromatic N) is 1. The van der Waals surface area contributed by atoms with Crippen LogP contribution in [-0.2, 0) is 20.9 Å². The number of hydrogen-bond donors (Lipinski definition) is 0. The van der Waals surface area contributed by atoms with Crippen molar-refractivity contribution in [2.24, 2.45) is 0 Å². The zero-order chi connectivity index (χ0) is 13.5. The third-order valence-corrected chi connectivity index (χ3v) is 2.62. The molecule has 0 aliphatic heterocycles. The summed E-state index contributed by atoms with van der Waals surface area (Å²) in [5.41, 5.74) is 0.893. The molecule has 1 amide bonds. The van der Waals surface area contributed by atoms with Crippen LogP contribution in [0.2, 0.25) is 0 Å². The van der Waals surface area contributed by atoms with Gasteiger partial charge in [0.15, 0.2) is 0 Å². The zero-order valence-corrected chi connectivity index (χ0v) is 10.8. The van der Waals surface area contributed by atoms with E-state index >= 15 is 0 Å². The highest BCUT2D eigenvalue weighted by molar-refractivity contribution is 5.80. The Labute approximate surface area is 106 Å². The maximum absolute atomic E-state index is 11.7. The largest absolute Gasteiger partial charge is 0.467 e. The van der Waals surface area contributed by atoms with Crippen molar-refractivity contribution in [1.29, 1.82) is 0 Å². The lowest BCUT2D eigenvalue weighted by atomic mass is 10.2. The van der Waals surface area contributed by atoms with E-state index in [1.54, 1.807) is 6.92 Å². The molecule has 18 heavy (non-hydrogen) atoms. The lowest BCUT2D eigenvalue weighted by Crippen LogP contribution is -2.41. The van der Waals surface area contributed by atoms with Crippen LogP contribution in [0.5, 0.6) is 0 Å². The van der Waals surface area contributed by atoms with Crippen LogP contribution in [0.4, 0.5) is 4.79 Å². The van der Waals surface area contributed by atoms with E-state index in [-0.39, 0.29) is 6.61 Å². The smallest absolute Gasteiger partial charge is 0.410 e. The monoisotopic (exact) mass is 251 g/mol. The van der Waals surface area contributed by atoms with Gasteiger partial charge in [-0.15, -0.1) is 0 Å². The number of methoxy groups -OCH3 is 1. The van der Waals surface area contributed by atoms with Crippen molar-refractivity contribution in [3.8, 4) is 0 Å². The van der Waals surface area contributed by atoms with Crippen molar-refractivity contribution in [3.63, 3.8) is 0 Å². The fourth-order valence-corrected chi connectivity index (χ4v) is 1.31. The summed E-state index contributed by atoms with van der Waals surface area (Å²) >= 11 is 0. The van der Waals surface area contributed by atoms with Crippen molar-refractivity contribution < 1.29 is 19.1 Å². The Hall–Kier alpha value is -2.04. The van der Waals surface area contributed by atoms with Crippen LogP contribution >= 0.6 is 0 Å². The van der Waals surface area contributed by atoms with Gasteiger partial charge in [-0.1, -0.05) is 30.3 Å². The molecule has 5 nitrogen and oxygen atoms in total. The van der Waals surface area contributed by atoms with Crippen LogP contribution in [-0.4, -0.2) is 37.2 Å². The topological polar surface area (TPSA) is 55.8 Å². The van der Waals surface area contributed by atoms with Crippen molar-refractivity contribution in [2.45, 2.75) is 19.6 Å². The van der Waals surface area contributed by atoms with Gasteiger partial charge in [0.1, 0.15) is 12.6 Å². The molecule has 1 atom stereocenters. The minimum absolute atomic E-state index is 0.178. The molecule has 1 aromatic carbocycles. The highest BCUT2D eigenvalue weighted by Crippen LogP contribution is 2.05. The lowest BCUT2D eigenvalue weighted by Gasteiger charge is -2.22. The highest BCUT2D eigenvalue weighted by Gasteiger charge is 2.23. The normalized spacial score (nSPS) is 11.5. The molecular weight excluding hydrogens is 234 g/mol. The number of hydrogen-bond acceptors (Lipinski definition) is 4. The molecule has 0 spiro atoms. The molecule has 0 saturated heterocycles. The first-order chi connectivity index (χ1) is 8.56. The minimum Gasteiger partial charge on any atom is -0.467 e. The molecule has 0 heterocycles. The minimum atomic E-state index is -0.668. The van der Waals surface area contributed by atoms with E-state index in [2.05, 4.69) is 4.74 Å². The van der Waals surface area contributed by atoms with Crippen molar-refractivity contribution in [2.75, 3.05) is 14.2 Å². The molecule has 0 saturated carbocycles. The summed E-state index contributed by atoms with van der Waals surface area (Å²) in [6.45, 7) is 1.76. The summed E-state index contributed by atoms with van der Waals surface area (Å²) in [6, 6.07) is 8.66. The number of rotatable bonds is 4. The van der Waals surface area contributed by atoms with Crippen LogP contribution in [0, 0.1) is 0 Å². The predicted molar refractivity (Wildman–Crippen MR) is 65.9 cm³/mol. The van der Waals surface area contributed by atoms with Gasteiger partial charge in [-0.3, -0.25) is 4.90 Å². The zero-order valence-electron chi connectivity index (χ0n) is 10.8. The summed E-state index contributed by atoms with van der Waals surface area (Å²) in [6.07, 6.45) is -0.559. The first-order valence-corrected chi connectivity index (χ1v) is 5.57. The van der Waals surface area contributed by atoms with Gasteiger partial charge in [-0.05, 0) is 12.5 Å². The summed E-state index contributed by atoms with van der Waals surface area (Å²) < 4.78 is 9.64. The second kappa shape index (κ2) is 6.64. The number of benzene rings is 1. The standard InChI is InChI=1S/C13H17NO4/c1-10(12(15)17-3)14(2)13(16)18-9-11-7-5-4-6-8-11/h4-8,10H,9H2,1-3H3/t10-/m1/s1. The second-order valence-corrected chi connectivity index (χ2v) is 3.85. The van der Waals surface area contributed by atoms with Gasteiger partial charge in [0.05, 0.1) is 7.11 Å². The van der Waals surface area contributed by atoms with Gasteiger partial charge >= 0.3 is 12.1 Å². The Morgan fingerprint density at radius 1 is 1.28 bits per heavy atom. The first-order valence-electron chi connectivity index (χ1n) is 5.57. The fraction of sp³-hybridized carbons (Fsp3) is 0.385. The molecule has 0 radical (unpaired) electrons. The highest BCUT2D eigenvalue weighted by atomic mass is 16.6. The molecule has 0 aliphatic carbocycles. The lowest BCUT2D eigenvalue weighted by molar-refractivity contribution is -0.145. The number of carbonyl (C=O) groups is 2. The summed E-state index contributed by atoms with van der Waals surface area (Å²) in [7, 11) is 2.77. The van der Waals surface area contributed by atoms with Gasteiger partial charge in [-0.25, -0.2) is 9.59 Å². The fourth-order valence-electron chi connectivity index (χ4n) is 1.31. The quantitative estimate of drug-likeness (QED) is 0.766. The third-order valence-electron chi connectivity index (χ3n) is 2.62. The maximum atomic E-state index is 11.7. The number of ether oxygens (including phenoxy) is 2. The van der Waals surface area contributed by atoms with Crippen molar-refractivity contribution >= 4 is 12.1 Å². The second-order valence-electron chi connectivity index (χ2n) is 3.85. The van der Waals surface area contributed by atoms with E-state index in [4.69, 9.17) is 4.74 Å². The Balaban J connectivity index is 2.48. The van der Waals surface area contributed by atoms with Gasteiger partial charge in [0, 0.05) is 7.05 Å². The van der Waals surface area contributed by atoms with Crippen LogP contribution in [0.25, 0.3) is 0 Å². The molecule has 1 rings (SSSR count). The Kier molecular flexibility index (Phi) is 5.17. The molecule has 0 unspecified atom stereocenters. The number of likely N-dealkylation sites (N-methyl/N-ethyl adjacent to an activating group) is 1. The average Bonchev–Trinajstić information content (AvgIpc) is 2.43. The van der Waals surface area contributed by atoms with Crippen LogP contribution in [0.3, 0.4) is 0 Å². The Morgan fingerprint density at radius 3 is 2.44 bits per heavy atom. The molecule has 0 fully saturated rings. The van der Waals surface area contributed by atoms with Gasteiger partial charge in [-0.2, -0.15) is 0 Å². The summed E-state index contributed by atoms with van der Waals surface area (Å²) in [5, 5.41) is 0. The van der Waals surface area contributed by atoms with E-state index < -0.39 is 18.1 Å². The SMILES string of the molecule is COC(=O)[C@@H](C)N(C)C(=O)OCc1ccccc1. The third kappa shape index (κ3) is 3.76. The average molecular weight is 251 g/mol. The van der Waals surface area contributed by atoms with Crippen LogP contribution in [0.15, 0.2) is 30.3 Å². The van der Waals surface area contributed by atoms with Gasteiger partial charge in [0.25, 0.3) is 0 Å². The predicted octanol–water partition coefficient (Wildman–Crippen LogP) is 1.82. The van der Waals surface area contributed by atoms with E-state index in [1.165, 1.54) is 19.1 Å². The van der Waals surface area contributed by atoms with Crippen molar-refractivity contribution in [3.05, 3.63) is 35.9 Å². The van der Waals surface area contributed by atoms with Crippen LogP contribution in [0.1, 0.15) is 12.5 Å². The van der Waals surface area contributed by atoms with E-state index in [0.29, 0.717) is 0 Å². The van der Waals surface area contributed by atoms with E-state index in [1.807, 2.05) is 30.3 Å². The molecule has 5 heteroatoms. The van der Waals surface area contributed by atoms with Gasteiger partial charge in [0.2, 0.25) is 0 Å². The molecule has 98 valence electrons. The summed E-state index contributed by atoms with van der Waals surface area (Å²) in [4.78, 5) is 24.1. The van der Waals surface area contributed by atoms with Gasteiger partial charge < -0.3 is 9.47 Å². The maximum Gasteiger partial charge on any atom is 0.410 e. The molecule has 1 aromatic rings. The van der Waals surface area contributed by atoms with Crippen molar-refractivity contribution in [1.82, 2.24) is 4.90 Å². The molecule has 0 aromatic heterocycles. The molecular formula is C13H17NO4. The van der Waals surface area contributed by atoms with E-state index in [9.17, 15) is 9.59 Å².